The van der Waals surface area contributed by atoms with Crippen LogP contribution in [0.2, 0.25) is 5.02 Å². The molecule has 6 heteroatoms. The quantitative estimate of drug-likeness (QED) is 0.811. The van der Waals surface area contributed by atoms with Gasteiger partial charge in [-0.1, -0.05) is 11.6 Å². The lowest BCUT2D eigenvalue weighted by molar-refractivity contribution is -0.130. The number of amides is 1. The van der Waals surface area contributed by atoms with Gasteiger partial charge in [0.15, 0.2) is 0 Å². The third-order valence-electron chi connectivity index (χ3n) is 3.29. The number of fused-ring (bicyclic) bond motifs is 1. The number of hydrogen-bond acceptors (Lipinski definition) is 2. The van der Waals surface area contributed by atoms with Crippen LogP contribution in [0.5, 0.6) is 0 Å². The fraction of sp³-hybridized carbons (Fsp3) is 0.429. The average molecular weight is 314 g/mol. The highest BCUT2D eigenvalue weighted by atomic mass is 35.5. The number of likely N-dealkylation sites (N-methyl/N-ethyl adjacent to an activating group) is 1. The lowest BCUT2D eigenvalue weighted by Crippen LogP contribution is -2.30. The second-order valence-corrected chi connectivity index (χ2v) is 5.80. The molecule has 20 heavy (non-hydrogen) atoms. The fourth-order valence-corrected chi connectivity index (χ4v) is 2.36. The first kappa shape index (κ1) is 15.1. The summed E-state index contributed by atoms with van der Waals surface area (Å²) in [6, 6.07) is 5.44. The van der Waals surface area contributed by atoms with Crippen LogP contribution >= 0.6 is 23.2 Å². The Morgan fingerprint density at radius 2 is 2.20 bits per heavy atom. The van der Waals surface area contributed by atoms with E-state index in [0.29, 0.717) is 17.4 Å². The lowest BCUT2D eigenvalue weighted by Gasteiger charge is -2.17. The highest BCUT2D eigenvalue weighted by Gasteiger charge is 2.18. The van der Waals surface area contributed by atoms with Crippen LogP contribution in [0, 0.1) is 0 Å². The summed E-state index contributed by atoms with van der Waals surface area (Å²) in [6.45, 7) is 4.68. The summed E-state index contributed by atoms with van der Waals surface area (Å²) in [5, 5.41) is 0.342. The number of alkyl halides is 1. The number of hydrogen-bond donors (Lipinski definition) is 0. The molecule has 0 aliphatic rings. The highest BCUT2D eigenvalue weighted by molar-refractivity contribution is 6.31. The van der Waals surface area contributed by atoms with Crippen LogP contribution in [-0.4, -0.2) is 34.0 Å². The van der Waals surface area contributed by atoms with Gasteiger partial charge in [-0.3, -0.25) is 4.79 Å². The zero-order valence-corrected chi connectivity index (χ0v) is 13.2. The summed E-state index contributed by atoms with van der Waals surface area (Å²) in [4.78, 5) is 18.3. The number of carbonyl (C=O) groups excluding carboxylic acids is 1. The van der Waals surface area contributed by atoms with Crippen LogP contribution in [0.1, 0.15) is 25.0 Å². The topological polar surface area (TPSA) is 38.1 Å². The van der Waals surface area contributed by atoms with Crippen molar-refractivity contribution in [1.82, 2.24) is 14.5 Å². The molecule has 0 saturated heterocycles. The molecule has 0 N–H and O–H groups in total. The molecule has 1 unspecified atom stereocenters. The van der Waals surface area contributed by atoms with Gasteiger partial charge in [-0.05, 0) is 32.0 Å². The van der Waals surface area contributed by atoms with Crippen molar-refractivity contribution in [3.05, 3.63) is 29.0 Å². The number of nitrogens with zero attached hydrogens (tertiary/aromatic N) is 3. The summed E-state index contributed by atoms with van der Waals surface area (Å²) < 4.78 is 1.86. The van der Waals surface area contributed by atoms with E-state index in [2.05, 4.69) is 4.98 Å². The second-order valence-electron chi connectivity index (χ2n) is 4.71. The van der Waals surface area contributed by atoms with Crippen molar-refractivity contribution in [2.45, 2.75) is 25.8 Å². The maximum Gasteiger partial charge on any atom is 0.242 e. The Hall–Kier alpha value is -1.26. The average Bonchev–Trinajstić information content (AvgIpc) is 2.75. The molecule has 0 spiro atoms. The van der Waals surface area contributed by atoms with Gasteiger partial charge in [0.2, 0.25) is 5.91 Å². The summed E-state index contributed by atoms with van der Waals surface area (Å²) in [5.41, 5.74) is 1.63. The van der Waals surface area contributed by atoms with Crippen molar-refractivity contribution in [3.8, 4) is 0 Å². The molecule has 1 atom stereocenters. The lowest BCUT2D eigenvalue weighted by atomic mass is 10.3. The molecular formula is C14H17Cl2N3O. The summed E-state index contributed by atoms with van der Waals surface area (Å²) in [6.07, 6.45) is 0. The van der Waals surface area contributed by atoms with Crippen LogP contribution in [0.25, 0.3) is 11.0 Å². The van der Waals surface area contributed by atoms with Crippen molar-refractivity contribution in [2.75, 3.05) is 13.6 Å². The SMILES string of the molecule is CCN(C)C(=O)Cn1c(C(C)Cl)nc2cc(Cl)ccc21. The first-order valence-corrected chi connectivity index (χ1v) is 7.29. The molecule has 2 aromatic rings. The minimum absolute atomic E-state index is 0.0281. The molecule has 108 valence electrons. The molecule has 0 aliphatic heterocycles. The van der Waals surface area contributed by atoms with Crippen molar-refractivity contribution in [1.29, 1.82) is 0 Å². The summed E-state index contributed by atoms with van der Waals surface area (Å²) in [5.74, 6) is 0.710. The zero-order valence-electron chi connectivity index (χ0n) is 11.7. The van der Waals surface area contributed by atoms with Crippen molar-refractivity contribution in [2.24, 2.45) is 0 Å². The maximum atomic E-state index is 12.1. The van der Waals surface area contributed by atoms with Gasteiger partial charge in [-0.2, -0.15) is 0 Å². The minimum Gasteiger partial charge on any atom is -0.344 e. The molecule has 0 fully saturated rings. The smallest absolute Gasteiger partial charge is 0.242 e. The van der Waals surface area contributed by atoms with E-state index in [4.69, 9.17) is 23.2 Å². The Morgan fingerprint density at radius 3 is 2.80 bits per heavy atom. The van der Waals surface area contributed by atoms with E-state index in [1.54, 1.807) is 24.1 Å². The Balaban J connectivity index is 2.49. The predicted octanol–water partition coefficient (Wildman–Crippen LogP) is 3.47. The van der Waals surface area contributed by atoms with Crippen LogP contribution < -0.4 is 0 Å². The molecule has 0 saturated carbocycles. The highest BCUT2D eigenvalue weighted by Crippen LogP contribution is 2.26. The normalized spacial score (nSPS) is 12.7. The Morgan fingerprint density at radius 1 is 1.50 bits per heavy atom. The summed E-state index contributed by atoms with van der Waals surface area (Å²) in [7, 11) is 1.78. The van der Waals surface area contributed by atoms with Gasteiger partial charge in [0.1, 0.15) is 12.4 Å². The number of carbonyl (C=O) groups is 1. The minimum atomic E-state index is -0.277. The Labute approximate surface area is 128 Å². The zero-order chi connectivity index (χ0) is 14.9. The van der Waals surface area contributed by atoms with Gasteiger partial charge < -0.3 is 9.47 Å². The van der Waals surface area contributed by atoms with Crippen molar-refractivity contribution in [3.63, 3.8) is 0 Å². The van der Waals surface area contributed by atoms with Gasteiger partial charge >= 0.3 is 0 Å². The van der Waals surface area contributed by atoms with Crippen molar-refractivity contribution < 1.29 is 4.79 Å². The van der Waals surface area contributed by atoms with E-state index in [-0.39, 0.29) is 17.8 Å². The van der Waals surface area contributed by atoms with Gasteiger partial charge in [0, 0.05) is 18.6 Å². The molecule has 0 aliphatic carbocycles. The molecule has 1 aromatic heterocycles. The number of aromatic nitrogens is 2. The van der Waals surface area contributed by atoms with E-state index < -0.39 is 0 Å². The first-order chi connectivity index (χ1) is 9.43. The van der Waals surface area contributed by atoms with Crippen LogP contribution in [0.15, 0.2) is 18.2 Å². The van der Waals surface area contributed by atoms with E-state index >= 15 is 0 Å². The van der Waals surface area contributed by atoms with E-state index in [1.165, 1.54) is 0 Å². The van der Waals surface area contributed by atoms with Crippen molar-refractivity contribution >= 4 is 40.1 Å². The van der Waals surface area contributed by atoms with E-state index in [1.807, 2.05) is 24.5 Å². The Kier molecular flexibility index (Phi) is 4.55. The molecule has 0 radical (unpaired) electrons. The fourth-order valence-electron chi connectivity index (χ4n) is 2.02. The van der Waals surface area contributed by atoms with Crippen LogP contribution in [0.4, 0.5) is 0 Å². The number of imidazole rings is 1. The molecule has 1 aromatic carbocycles. The third-order valence-corrected chi connectivity index (χ3v) is 3.72. The molecule has 1 heterocycles. The van der Waals surface area contributed by atoms with E-state index in [0.717, 1.165) is 11.0 Å². The largest absolute Gasteiger partial charge is 0.344 e. The number of halogens is 2. The van der Waals surface area contributed by atoms with E-state index in [9.17, 15) is 4.79 Å². The molecule has 2 rings (SSSR count). The van der Waals surface area contributed by atoms with Gasteiger partial charge in [0.25, 0.3) is 0 Å². The molecule has 1 amide bonds. The number of rotatable bonds is 4. The van der Waals surface area contributed by atoms with Gasteiger partial charge in [-0.15, -0.1) is 11.6 Å². The van der Waals surface area contributed by atoms with Crippen LogP contribution in [-0.2, 0) is 11.3 Å². The van der Waals surface area contributed by atoms with Crippen LogP contribution in [0.3, 0.4) is 0 Å². The molecule has 0 bridgehead atoms. The maximum absolute atomic E-state index is 12.1. The number of benzene rings is 1. The molecule has 4 nitrogen and oxygen atoms in total. The third kappa shape index (κ3) is 2.91. The standard InChI is InChI=1S/C14H17Cl2N3O/c1-4-18(3)13(20)8-19-12-6-5-10(16)7-11(12)17-14(19)9(2)15/h5-7,9H,4,8H2,1-3H3. The monoisotopic (exact) mass is 313 g/mol. The van der Waals surface area contributed by atoms with Gasteiger partial charge in [-0.25, -0.2) is 4.98 Å². The first-order valence-electron chi connectivity index (χ1n) is 6.47. The molecular weight excluding hydrogens is 297 g/mol. The summed E-state index contributed by atoms with van der Waals surface area (Å²) >= 11 is 12.2. The second kappa shape index (κ2) is 6.02. The van der Waals surface area contributed by atoms with Gasteiger partial charge in [0.05, 0.1) is 16.4 Å². The predicted molar refractivity (Wildman–Crippen MR) is 82.3 cm³/mol. The Bertz CT molecular complexity index is 637.